The molecule has 1 aromatic heterocycles. The maximum Gasteiger partial charge on any atom is 0.355 e. The zero-order valence-corrected chi connectivity index (χ0v) is 24.0. The van der Waals surface area contributed by atoms with Crippen molar-refractivity contribution in [1.29, 1.82) is 0 Å². The highest BCUT2D eigenvalue weighted by Crippen LogP contribution is 2.97. The second kappa shape index (κ2) is 8.10. The summed E-state index contributed by atoms with van der Waals surface area (Å²) in [5, 5.41) is 0. The number of ether oxygens (including phenoxy) is 4. The molecule has 3 spiro atoms. The summed E-state index contributed by atoms with van der Waals surface area (Å²) in [5.74, 6) is 0.801. The van der Waals surface area contributed by atoms with Crippen molar-refractivity contribution in [2.24, 2.45) is 46.8 Å². The third-order valence-corrected chi connectivity index (χ3v) is 11.6. The van der Waals surface area contributed by atoms with Gasteiger partial charge in [0.2, 0.25) is 0 Å². The second-order valence-electron chi connectivity index (χ2n) is 13.3. The Hall–Kier alpha value is -2.38. The Morgan fingerprint density at radius 1 is 1.26 bits per heavy atom. The molecule has 0 bridgehead atoms. The summed E-state index contributed by atoms with van der Waals surface area (Å²) < 4.78 is 25.6. The van der Waals surface area contributed by atoms with E-state index in [9.17, 15) is 9.59 Å². The topological polar surface area (TPSA) is 86.9 Å². The van der Waals surface area contributed by atoms with Crippen LogP contribution in [0.15, 0.2) is 41.6 Å². The minimum atomic E-state index is -0.657. The van der Waals surface area contributed by atoms with Crippen molar-refractivity contribution in [1.82, 2.24) is 4.98 Å². The molecule has 7 heteroatoms. The first-order valence-corrected chi connectivity index (χ1v) is 14.8. The molecule has 4 unspecified atom stereocenters. The highest BCUT2D eigenvalue weighted by molar-refractivity contribution is 5.88. The number of hydrogen-bond donors (Lipinski definition) is 1. The van der Waals surface area contributed by atoms with E-state index in [0.29, 0.717) is 29.9 Å². The molecule has 7 rings (SSSR count). The first-order valence-electron chi connectivity index (χ1n) is 14.8. The molecule has 1 aromatic rings. The van der Waals surface area contributed by atoms with Crippen LogP contribution in [0.1, 0.15) is 64.9 Å². The Labute approximate surface area is 230 Å². The van der Waals surface area contributed by atoms with Gasteiger partial charge < -0.3 is 23.9 Å². The molecule has 210 valence electrons. The van der Waals surface area contributed by atoms with Gasteiger partial charge in [-0.25, -0.2) is 9.59 Å². The van der Waals surface area contributed by atoms with E-state index in [2.05, 4.69) is 58.7 Å². The Morgan fingerprint density at radius 2 is 2.03 bits per heavy atom. The van der Waals surface area contributed by atoms with Gasteiger partial charge in [-0.15, -0.1) is 0 Å². The molecule has 3 heterocycles. The lowest BCUT2D eigenvalue weighted by atomic mass is 9.44. The summed E-state index contributed by atoms with van der Waals surface area (Å²) in [4.78, 5) is 29.5. The number of methoxy groups -OCH3 is 1. The van der Waals surface area contributed by atoms with Gasteiger partial charge in [-0.1, -0.05) is 58.8 Å². The van der Waals surface area contributed by atoms with Crippen LogP contribution in [0.5, 0.6) is 0 Å². The smallest absolute Gasteiger partial charge is 0.355 e. The average Bonchev–Trinajstić information content (AvgIpc) is 3.16. The van der Waals surface area contributed by atoms with Gasteiger partial charge in [0.15, 0.2) is 6.10 Å². The van der Waals surface area contributed by atoms with E-state index in [4.69, 9.17) is 18.9 Å². The molecule has 7 nitrogen and oxygen atoms in total. The maximum absolute atomic E-state index is 13.3. The van der Waals surface area contributed by atoms with Crippen LogP contribution in [0, 0.1) is 46.8 Å². The van der Waals surface area contributed by atoms with Crippen molar-refractivity contribution in [2.75, 3.05) is 7.11 Å². The third kappa shape index (κ3) is 2.72. The van der Waals surface area contributed by atoms with E-state index in [-0.39, 0.29) is 58.8 Å². The number of aromatic nitrogens is 1. The number of carbonyl (C=O) groups is 2. The van der Waals surface area contributed by atoms with E-state index < -0.39 is 11.7 Å². The van der Waals surface area contributed by atoms with Gasteiger partial charge >= 0.3 is 11.9 Å². The van der Waals surface area contributed by atoms with E-state index in [1.807, 2.05) is 6.07 Å². The van der Waals surface area contributed by atoms with Crippen molar-refractivity contribution >= 4 is 11.9 Å². The standard InChI is InChI=1S/C32H41NO6/c1-8-20-18(6)27(38-28(34)22-10-9-11-33-22)30-21-13-19-14-23(36-7)29(35)37-25(15(2)3)16(4)12-17(5)31(19)26(24(21)30)32(20,30)39-31/h9-13,15-16,18-20,23-27,33H,8,14H2,1-7H3/b17-12+/t16-,18-,19?,20?,23+,24?,25-,26-,27-,30-,31+,32?/m1/s1. The number of H-pyrrole nitrogens is 1. The summed E-state index contributed by atoms with van der Waals surface area (Å²) in [6.45, 7) is 13.0. The second-order valence-corrected chi connectivity index (χ2v) is 13.3. The fourth-order valence-electron chi connectivity index (χ4n) is 10.4. The van der Waals surface area contributed by atoms with Gasteiger partial charge in [-0.05, 0) is 48.8 Å². The molecule has 6 aliphatic rings. The van der Waals surface area contributed by atoms with Crippen molar-refractivity contribution in [3.05, 3.63) is 47.3 Å². The van der Waals surface area contributed by atoms with E-state index in [1.165, 1.54) is 11.1 Å². The van der Waals surface area contributed by atoms with Crippen LogP contribution in [0.3, 0.4) is 0 Å². The van der Waals surface area contributed by atoms with Gasteiger partial charge in [0.05, 0.1) is 11.0 Å². The van der Waals surface area contributed by atoms with Crippen LogP contribution in [0.4, 0.5) is 0 Å². The van der Waals surface area contributed by atoms with E-state index in [0.717, 1.165) is 6.42 Å². The molecule has 0 amide bonds. The lowest BCUT2D eigenvalue weighted by molar-refractivity contribution is -0.410. The number of carbonyl (C=O) groups excluding carboxylic acids is 2. The normalized spacial score (nSPS) is 50.2. The fraction of sp³-hybridized carbons (Fsp3) is 0.688. The number of nitrogens with one attached hydrogen (secondary N) is 1. The Morgan fingerprint density at radius 3 is 2.67 bits per heavy atom. The lowest BCUT2D eigenvalue weighted by Crippen LogP contribution is -2.82. The number of aromatic amines is 1. The van der Waals surface area contributed by atoms with Crippen LogP contribution in [-0.4, -0.2) is 53.5 Å². The van der Waals surface area contributed by atoms with E-state index in [1.54, 1.807) is 19.4 Å². The molecule has 2 aliphatic heterocycles. The average molecular weight is 536 g/mol. The predicted octanol–water partition coefficient (Wildman–Crippen LogP) is 5.09. The highest BCUT2D eigenvalue weighted by atomic mass is 16.6. The highest BCUT2D eigenvalue weighted by Gasteiger charge is 3.03. The molecule has 12 atom stereocenters. The summed E-state index contributed by atoms with van der Waals surface area (Å²) in [6.07, 6.45) is 6.80. The quantitative estimate of drug-likeness (QED) is 0.417. The van der Waals surface area contributed by atoms with Crippen LogP contribution in [-0.2, 0) is 23.7 Å². The predicted molar refractivity (Wildman–Crippen MR) is 144 cm³/mol. The fourth-order valence-corrected chi connectivity index (χ4v) is 10.4. The van der Waals surface area contributed by atoms with Gasteiger partial charge in [-0.2, -0.15) is 0 Å². The Bertz CT molecular complexity index is 1280. The largest absolute Gasteiger partial charge is 0.460 e. The molecule has 39 heavy (non-hydrogen) atoms. The number of cyclic esters (lactones) is 1. The van der Waals surface area contributed by atoms with Crippen molar-refractivity contribution < 1.29 is 28.5 Å². The van der Waals surface area contributed by atoms with Crippen molar-refractivity contribution in [3.8, 4) is 0 Å². The molecular formula is C32H41NO6. The van der Waals surface area contributed by atoms with Crippen LogP contribution < -0.4 is 0 Å². The molecule has 1 saturated heterocycles. The van der Waals surface area contributed by atoms with E-state index >= 15 is 0 Å². The molecule has 1 N–H and O–H groups in total. The maximum atomic E-state index is 13.3. The minimum Gasteiger partial charge on any atom is -0.460 e. The lowest BCUT2D eigenvalue weighted by Gasteiger charge is -2.74. The molecule has 0 aromatic carbocycles. The zero-order chi connectivity index (χ0) is 27.6. The SMILES string of the molecule is CCC1[C@@H](C)[C@@H](OC(=O)c2ccc[nH]2)[C@]23C4=CC5C[C@H](OC)C(=O)O[C@H](C(C)C)[C@H](C)/C=C(\C)[C@]56OC12[C@@H]6C43. The van der Waals surface area contributed by atoms with Crippen LogP contribution >= 0.6 is 0 Å². The number of rotatable bonds is 5. The van der Waals surface area contributed by atoms with Gasteiger partial charge in [0, 0.05) is 37.0 Å². The zero-order valence-electron chi connectivity index (χ0n) is 24.0. The summed E-state index contributed by atoms with van der Waals surface area (Å²) in [5.41, 5.74) is 2.04. The van der Waals surface area contributed by atoms with Gasteiger partial charge in [0.1, 0.15) is 23.5 Å². The number of esters is 2. The first kappa shape index (κ1) is 25.6. The molecule has 4 aliphatic carbocycles. The van der Waals surface area contributed by atoms with Gasteiger partial charge in [-0.3, -0.25) is 0 Å². The molecule has 3 saturated carbocycles. The van der Waals surface area contributed by atoms with Crippen molar-refractivity contribution in [2.45, 2.75) is 83.9 Å². The summed E-state index contributed by atoms with van der Waals surface area (Å²) in [7, 11) is 1.60. The molecule has 0 radical (unpaired) electrons. The summed E-state index contributed by atoms with van der Waals surface area (Å²) >= 11 is 0. The Balaban J connectivity index is 1.32. The first-order chi connectivity index (χ1) is 18.6. The summed E-state index contributed by atoms with van der Waals surface area (Å²) in [6, 6.07) is 3.58. The van der Waals surface area contributed by atoms with Crippen LogP contribution in [0.2, 0.25) is 0 Å². The Kier molecular flexibility index (Phi) is 5.31. The monoisotopic (exact) mass is 535 g/mol. The third-order valence-electron chi connectivity index (χ3n) is 11.6. The number of hydrogen-bond acceptors (Lipinski definition) is 6. The van der Waals surface area contributed by atoms with Crippen LogP contribution in [0.25, 0.3) is 0 Å². The van der Waals surface area contributed by atoms with Crippen molar-refractivity contribution in [3.63, 3.8) is 0 Å². The molecular weight excluding hydrogens is 494 g/mol. The minimum absolute atomic E-state index is 0.00605. The van der Waals surface area contributed by atoms with Gasteiger partial charge in [0.25, 0.3) is 0 Å². The molecule has 4 fully saturated rings.